The normalized spacial score (nSPS) is 14.6. The summed E-state index contributed by atoms with van der Waals surface area (Å²) in [5.74, 6) is 0.692. The van der Waals surface area contributed by atoms with Crippen LogP contribution in [0.2, 0.25) is 0 Å². The lowest BCUT2D eigenvalue weighted by Crippen LogP contribution is -2.27. The predicted molar refractivity (Wildman–Crippen MR) is 133 cm³/mol. The maximum absolute atomic E-state index is 12.9. The number of benzene rings is 3. The van der Waals surface area contributed by atoms with E-state index in [1.807, 2.05) is 30.3 Å². The zero-order chi connectivity index (χ0) is 23.4. The summed E-state index contributed by atoms with van der Waals surface area (Å²) in [4.78, 5) is 25.7. The smallest absolute Gasteiger partial charge is 0.276 e. The number of hydrogen-bond donors (Lipinski definition) is 0. The SMILES string of the molecule is COc1cc(/C=C2\SC(=S)N(c3ccccc3)C2=O)ccc1OCc1ccccc1[N+](=O)[O-]. The second-order valence-electron chi connectivity index (χ2n) is 6.94. The number of methoxy groups -OCH3 is 1. The van der Waals surface area contributed by atoms with E-state index in [1.165, 1.54) is 29.8 Å². The molecule has 1 fully saturated rings. The van der Waals surface area contributed by atoms with Gasteiger partial charge in [0.05, 0.1) is 28.2 Å². The van der Waals surface area contributed by atoms with Crippen molar-refractivity contribution in [3.8, 4) is 11.5 Å². The van der Waals surface area contributed by atoms with Crippen LogP contribution >= 0.6 is 24.0 Å². The molecule has 1 amide bonds. The third-order valence-corrected chi connectivity index (χ3v) is 6.17. The summed E-state index contributed by atoms with van der Waals surface area (Å²) in [6.07, 6.45) is 1.75. The van der Waals surface area contributed by atoms with Gasteiger partial charge in [-0.1, -0.05) is 60.4 Å². The molecule has 0 spiro atoms. The minimum Gasteiger partial charge on any atom is -0.493 e. The Bertz CT molecular complexity index is 1260. The lowest BCUT2D eigenvalue weighted by molar-refractivity contribution is -0.385. The number of nitro groups is 1. The Balaban J connectivity index is 1.54. The van der Waals surface area contributed by atoms with Gasteiger partial charge in [-0.05, 0) is 42.0 Å². The maximum atomic E-state index is 12.9. The molecule has 0 saturated carbocycles. The Kier molecular flexibility index (Phi) is 6.71. The van der Waals surface area contributed by atoms with Crippen LogP contribution in [0.25, 0.3) is 6.08 Å². The first-order chi connectivity index (χ1) is 16.0. The van der Waals surface area contributed by atoms with Crippen LogP contribution in [0.5, 0.6) is 11.5 Å². The molecule has 4 rings (SSSR count). The topological polar surface area (TPSA) is 81.9 Å². The number of anilines is 1. The van der Waals surface area contributed by atoms with E-state index in [1.54, 1.807) is 42.5 Å². The fourth-order valence-corrected chi connectivity index (χ4v) is 4.58. The van der Waals surface area contributed by atoms with Gasteiger partial charge in [-0.3, -0.25) is 19.8 Å². The van der Waals surface area contributed by atoms with Crippen LogP contribution in [-0.2, 0) is 11.4 Å². The third kappa shape index (κ3) is 4.89. The Morgan fingerprint density at radius 3 is 2.52 bits per heavy atom. The van der Waals surface area contributed by atoms with Crippen molar-refractivity contribution in [2.75, 3.05) is 12.0 Å². The van der Waals surface area contributed by atoms with E-state index in [4.69, 9.17) is 21.7 Å². The van der Waals surface area contributed by atoms with Gasteiger partial charge in [0.25, 0.3) is 11.6 Å². The molecule has 1 saturated heterocycles. The van der Waals surface area contributed by atoms with Gasteiger partial charge in [-0.15, -0.1) is 0 Å². The minimum absolute atomic E-state index is 0.00599. The van der Waals surface area contributed by atoms with Gasteiger partial charge in [0, 0.05) is 6.07 Å². The van der Waals surface area contributed by atoms with Crippen LogP contribution in [0.3, 0.4) is 0 Å². The molecular weight excluding hydrogens is 460 g/mol. The van der Waals surface area contributed by atoms with Crippen molar-refractivity contribution < 1.29 is 19.2 Å². The quantitative estimate of drug-likeness (QED) is 0.190. The molecule has 33 heavy (non-hydrogen) atoms. The first-order valence-electron chi connectivity index (χ1n) is 9.84. The fourth-order valence-electron chi connectivity index (χ4n) is 3.28. The Hall–Kier alpha value is -3.69. The van der Waals surface area contributed by atoms with Crippen LogP contribution in [0.15, 0.2) is 77.7 Å². The highest BCUT2D eigenvalue weighted by Crippen LogP contribution is 2.37. The van der Waals surface area contributed by atoms with Gasteiger partial charge in [-0.25, -0.2) is 0 Å². The molecule has 7 nitrogen and oxygen atoms in total. The van der Waals surface area contributed by atoms with E-state index in [9.17, 15) is 14.9 Å². The minimum atomic E-state index is -0.440. The molecule has 0 unspecified atom stereocenters. The number of hydrogen-bond acceptors (Lipinski definition) is 7. The molecule has 0 aromatic heterocycles. The van der Waals surface area contributed by atoms with Crippen molar-refractivity contribution in [1.82, 2.24) is 0 Å². The van der Waals surface area contributed by atoms with Crippen LogP contribution in [-0.4, -0.2) is 22.3 Å². The summed E-state index contributed by atoms with van der Waals surface area (Å²) < 4.78 is 11.7. The van der Waals surface area contributed by atoms with Crippen LogP contribution in [0.1, 0.15) is 11.1 Å². The van der Waals surface area contributed by atoms with Crippen LogP contribution in [0, 0.1) is 10.1 Å². The highest BCUT2D eigenvalue weighted by Gasteiger charge is 2.33. The number of nitro benzene ring substituents is 1. The molecule has 1 heterocycles. The molecule has 9 heteroatoms. The first-order valence-corrected chi connectivity index (χ1v) is 11.1. The number of carbonyl (C=O) groups excluding carboxylic acids is 1. The number of nitrogens with zero attached hydrogens (tertiary/aromatic N) is 2. The van der Waals surface area contributed by atoms with E-state index in [-0.39, 0.29) is 18.2 Å². The molecule has 0 radical (unpaired) electrons. The molecule has 1 aliphatic heterocycles. The van der Waals surface area contributed by atoms with E-state index in [2.05, 4.69) is 0 Å². The van der Waals surface area contributed by atoms with Crippen molar-refractivity contribution in [1.29, 1.82) is 0 Å². The lowest BCUT2D eigenvalue weighted by Gasteiger charge is -2.14. The largest absolute Gasteiger partial charge is 0.493 e. The van der Waals surface area contributed by atoms with Gasteiger partial charge in [-0.2, -0.15) is 0 Å². The molecule has 166 valence electrons. The first kappa shape index (κ1) is 22.5. The van der Waals surface area contributed by atoms with Crippen LogP contribution < -0.4 is 14.4 Å². The third-order valence-electron chi connectivity index (χ3n) is 4.87. The summed E-state index contributed by atoms with van der Waals surface area (Å²) in [6, 6.07) is 20.9. The number of ether oxygens (including phenoxy) is 2. The lowest BCUT2D eigenvalue weighted by atomic mass is 10.1. The Labute approximate surface area is 199 Å². The van der Waals surface area contributed by atoms with Gasteiger partial charge in [0.15, 0.2) is 15.8 Å². The summed E-state index contributed by atoms with van der Waals surface area (Å²) in [5, 5.41) is 11.2. The molecule has 3 aromatic carbocycles. The van der Waals surface area contributed by atoms with Crippen molar-refractivity contribution >= 4 is 51.7 Å². The van der Waals surface area contributed by atoms with E-state index >= 15 is 0 Å². The molecular formula is C24H18N2O5S2. The molecule has 1 aliphatic rings. The van der Waals surface area contributed by atoms with Crippen molar-refractivity contribution in [3.05, 3.63) is 98.9 Å². The van der Waals surface area contributed by atoms with Crippen molar-refractivity contribution in [3.63, 3.8) is 0 Å². The Morgan fingerprint density at radius 1 is 1.06 bits per heavy atom. The maximum Gasteiger partial charge on any atom is 0.276 e. The van der Waals surface area contributed by atoms with E-state index in [0.29, 0.717) is 26.3 Å². The molecule has 3 aromatic rings. The number of thiocarbonyl (C=S) groups is 1. The number of carbonyl (C=O) groups is 1. The number of thioether (sulfide) groups is 1. The monoisotopic (exact) mass is 478 g/mol. The second kappa shape index (κ2) is 9.85. The van der Waals surface area contributed by atoms with Crippen molar-refractivity contribution in [2.45, 2.75) is 6.61 Å². The fraction of sp³-hybridized carbons (Fsp3) is 0.0833. The number of para-hydroxylation sites is 2. The molecule has 0 aliphatic carbocycles. The Morgan fingerprint density at radius 2 is 1.79 bits per heavy atom. The predicted octanol–water partition coefficient (Wildman–Crippen LogP) is 5.59. The number of rotatable bonds is 7. The zero-order valence-electron chi connectivity index (χ0n) is 17.5. The van der Waals surface area contributed by atoms with Crippen LogP contribution in [0.4, 0.5) is 11.4 Å². The molecule has 0 atom stereocenters. The highest BCUT2D eigenvalue weighted by atomic mass is 32.2. The van der Waals surface area contributed by atoms with E-state index < -0.39 is 4.92 Å². The number of amides is 1. The van der Waals surface area contributed by atoms with Gasteiger partial charge in [0.2, 0.25) is 0 Å². The van der Waals surface area contributed by atoms with Gasteiger partial charge in [0.1, 0.15) is 6.61 Å². The molecule has 0 bridgehead atoms. The average Bonchev–Trinajstić information content (AvgIpc) is 3.11. The average molecular weight is 479 g/mol. The van der Waals surface area contributed by atoms with Crippen molar-refractivity contribution in [2.24, 2.45) is 0 Å². The van der Waals surface area contributed by atoms with Gasteiger partial charge < -0.3 is 9.47 Å². The summed E-state index contributed by atoms with van der Waals surface area (Å²) in [7, 11) is 1.51. The van der Waals surface area contributed by atoms with E-state index in [0.717, 1.165) is 11.3 Å². The zero-order valence-corrected chi connectivity index (χ0v) is 19.1. The molecule has 0 N–H and O–H groups in total. The summed E-state index contributed by atoms with van der Waals surface area (Å²) >= 11 is 6.64. The second-order valence-corrected chi connectivity index (χ2v) is 8.61. The summed E-state index contributed by atoms with van der Waals surface area (Å²) in [6.45, 7) is 0.0165. The summed E-state index contributed by atoms with van der Waals surface area (Å²) in [5.41, 5.74) is 1.91. The van der Waals surface area contributed by atoms with Gasteiger partial charge >= 0.3 is 0 Å². The highest BCUT2D eigenvalue weighted by molar-refractivity contribution is 8.27. The standard InChI is InChI=1S/C24H18N2O5S2/c1-30-21-13-16(11-12-20(21)31-15-17-7-5-6-10-19(17)26(28)29)14-22-23(27)25(24(32)33-22)18-8-3-2-4-9-18/h2-14H,15H2,1H3/b22-14-.